The molecule has 0 spiro atoms. The number of anilines is 2. The number of hydrogen-bond donors (Lipinski definition) is 5. The predicted molar refractivity (Wildman–Crippen MR) is 100 cm³/mol. The number of nitrogens with zero attached hydrogens (tertiary/aromatic N) is 1. The van der Waals surface area contributed by atoms with E-state index < -0.39 is 17.9 Å². The Bertz CT molecular complexity index is 979. The molecular formula is C17H15N5O4S. The van der Waals surface area contributed by atoms with E-state index in [-0.39, 0.29) is 17.1 Å². The molecule has 3 amide bonds. The summed E-state index contributed by atoms with van der Waals surface area (Å²) in [4.78, 5) is 41.6. The van der Waals surface area contributed by atoms with Crippen molar-refractivity contribution in [2.75, 3.05) is 10.6 Å². The van der Waals surface area contributed by atoms with Crippen molar-refractivity contribution in [1.82, 2.24) is 9.97 Å². The number of rotatable bonds is 6. The lowest BCUT2D eigenvalue weighted by atomic mass is 10.1. The van der Waals surface area contributed by atoms with E-state index >= 15 is 0 Å². The normalized spacial score (nSPS) is 10.4. The van der Waals surface area contributed by atoms with Gasteiger partial charge in [-0.05, 0) is 35.2 Å². The molecule has 0 fully saturated rings. The molecule has 3 aromatic rings. The summed E-state index contributed by atoms with van der Waals surface area (Å²) in [6.07, 6.45) is 0.300. The van der Waals surface area contributed by atoms with Crippen LogP contribution in [0, 0.1) is 0 Å². The highest BCUT2D eigenvalue weighted by molar-refractivity contribution is 7.14. The Morgan fingerprint density at radius 1 is 1.15 bits per heavy atom. The molecule has 0 aliphatic carbocycles. The molecular weight excluding hydrogens is 370 g/mol. The van der Waals surface area contributed by atoms with Crippen molar-refractivity contribution < 1.29 is 19.5 Å². The van der Waals surface area contributed by atoms with Gasteiger partial charge in [-0.3, -0.25) is 15.4 Å². The number of thiophene rings is 1. The molecule has 0 bridgehead atoms. The Morgan fingerprint density at radius 2 is 1.89 bits per heavy atom. The van der Waals surface area contributed by atoms with Crippen LogP contribution in [0.25, 0.3) is 0 Å². The van der Waals surface area contributed by atoms with Crippen molar-refractivity contribution in [1.29, 1.82) is 0 Å². The van der Waals surface area contributed by atoms with E-state index in [1.54, 1.807) is 24.3 Å². The Kier molecular flexibility index (Phi) is 5.18. The number of carbonyl (C=O) groups excluding carboxylic acids is 2. The second-order valence-electron chi connectivity index (χ2n) is 5.51. The third-order valence-electron chi connectivity index (χ3n) is 3.56. The Labute approximate surface area is 157 Å². The van der Waals surface area contributed by atoms with Crippen molar-refractivity contribution in [3.63, 3.8) is 0 Å². The van der Waals surface area contributed by atoms with E-state index in [0.717, 1.165) is 5.56 Å². The number of nitrogens with one attached hydrogen (secondary N) is 3. The highest BCUT2D eigenvalue weighted by Gasteiger charge is 2.17. The van der Waals surface area contributed by atoms with Crippen molar-refractivity contribution in [2.45, 2.75) is 6.42 Å². The largest absolute Gasteiger partial charge is 0.478 e. The monoisotopic (exact) mass is 385 g/mol. The van der Waals surface area contributed by atoms with Crippen LogP contribution in [0.15, 0.2) is 41.8 Å². The molecule has 0 aliphatic rings. The average molecular weight is 385 g/mol. The number of H-pyrrole nitrogens is 1. The summed E-state index contributed by atoms with van der Waals surface area (Å²) >= 11 is 1.35. The second-order valence-corrected chi connectivity index (χ2v) is 6.45. The summed E-state index contributed by atoms with van der Waals surface area (Å²) in [6, 6.07) is 9.21. The zero-order valence-electron chi connectivity index (χ0n) is 13.9. The van der Waals surface area contributed by atoms with Crippen LogP contribution in [-0.4, -0.2) is 33.0 Å². The number of amides is 3. The fraction of sp³-hybridized carbons (Fsp3) is 0.0588. The molecule has 27 heavy (non-hydrogen) atoms. The van der Waals surface area contributed by atoms with Gasteiger partial charge in [0.2, 0.25) is 0 Å². The highest BCUT2D eigenvalue weighted by Crippen LogP contribution is 2.18. The van der Waals surface area contributed by atoms with Gasteiger partial charge in [-0.15, -0.1) is 11.3 Å². The summed E-state index contributed by atoms with van der Waals surface area (Å²) in [5.41, 5.74) is 6.27. The number of hydrogen-bond acceptors (Lipinski definition) is 5. The van der Waals surface area contributed by atoms with Gasteiger partial charge in [-0.1, -0.05) is 12.1 Å². The number of carbonyl (C=O) groups is 3. The quantitative estimate of drug-likeness (QED) is 0.442. The average Bonchev–Trinajstić information content (AvgIpc) is 3.25. The Hall–Kier alpha value is -3.66. The number of aromatic carboxylic acids is 1. The number of aromatic amines is 1. The van der Waals surface area contributed by atoms with Gasteiger partial charge in [-0.25, -0.2) is 14.6 Å². The molecule has 0 aliphatic heterocycles. The summed E-state index contributed by atoms with van der Waals surface area (Å²) in [6.45, 7) is 0. The molecule has 6 N–H and O–H groups in total. The van der Waals surface area contributed by atoms with E-state index in [9.17, 15) is 14.4 Å². The number of aromatic nitrogens is 2. The Balaban J connectivity index is 1.75. The minimum absolute atomic E-state index is 0.0199. The molecule has 2 heterocycles. The first kappa shape index (κ1) is 18.1. The van der Waals surface area contributed by atoms with Crippen LogP contribution in [0.5, 0.6) is 0 Å². The number of imidazole rings is 1. The van der Waals surface area contributed by atoms with Crippen LogP contribution >= 0.6 is 11.3 Å². The maximum atomic E-state index is 12.0. The van der Waals surface area contributed by atoms with Gasteiger partial charge in [0.1, 0.15) is 11.5 Å². The molecule has 0 atom stereocenters. The molecule has 3 rings (SSSR count). The standard InChI is InChI=1S/C17H15N5O4S/c18-14(23)13-15(22-17(26)21-12-2-1-7-27-12)20-11(19-13)8-9-3-5-10(6-4-9)16(24)25/h1-7H,8H2,(H2,18,23)(H,19,20)(H,24,25)(H2,21,22,26). The van der Waals surface area contributed by atoms with Crippen LogP contribution in [0.4, 0.5) is 15.6 Å². The summed E-state index contributed by atoms with van der Waals surface area (Å²) in [5, 5.41) is 16.5. The molecule has 0 saturated carbocycles. The van der Waals surface area contributed by atoms with Gasteiger partial charge in [0.05, 0.1) is 10.6 Å². The van der Waals surface area contributed by atoms with Gasteiger partial charge < -0.3 is 15.8 Å². The molecule has 1 aromatic carbocycles. The third kappa shape index (κ3) is 4.50. The molecule has 0 radical (unpaired) electrons. The van der Waals surface area contributed by atoms with Gasteiger partial charge in [0.25, 0.3) is 5.91 Å². The maximum absolute atomic E-state index is 12.0. The van der Waals surface area contributed by atoms with E-state index in [4.69, 9.17) is 10.8 Å². The lowest BCUT2D eigenvalue weighted by Gasteiger charge is -2.04. The number of carboxylic acid groups (broad SMARTS) is 1. The van der Waals surface area contributed by atoms with Gasteiger partial charge in [0.15, 0.2) is 5.82 Å². The van der Waals surface area contributed by atoms with Gasteiger partial charge >= 0.3 is 12.0 Å². The predicted octanol–water partition coefficient (Wildman–Crippen LogP) is 2.50. The molecule has 2 aromatic heterocycles. The van der Waals surface area contributed by atoms with E-state index in [1.807, 2.05) is 5.38 Å². The van der Waals surface area contributed by atoms with E-state index in [2.05, 4.69) is 20.6 Å². The van der Waals surface area contributed by atoms with Crippen LogP contribution in [-0.2, 0) is 6.42 Å². The number of carboxylic acids is 1. The second kappa shape index (κ2) is 7.70. The third-order valence-corrected chi connectivity index (χ3v) is 4.35. The first-order valence-corrected chi connectivity index (χ1v) is 8.63. The first-order chi connectivity index (χ1) is 12.9. The first-order valence-electron chi connectivity index (χ1n) is 7.75. The lowest BCUT2D eigenvalue weighted by molar-refractivity contribution is 0.0696. The molecule has 0 unspecified atom stereocenters. The van der Waals surface area contributed by atoms with Crippen molar-refractivity contribution in [2.24, 2.45) is 5.73 Å². The highest BCUT2D eigenvalue weighted by atomic mass is 32.1. The lowest BCUT2D eigenvalue weighted by Crippen LogP contribution is -2.22. The van der Waals surface area contributed by atoms with Crippen LogP contribution < -0.4 is 16.4 Å². The molecule has 138 valence electrons. The minimum Gasteiger partial charge on any atom is -0.478 e. The minimum atomic E-state index is -1.01. The maximum Gasteiger partial charge on any atom is 0.335 e. The van der Waals surface area contributed by atoms with Gasteiger partial charge in [-0.2, -0.15) is 0 Å². The number of nitrogens with two attached hydrogens (primary N) is 1. The zero-order chi connectivity index (χ0) is 19.4. The molecule has 0 saturated heterocycles. The summed E-state index contributed by atoms with van der Waals surface area (Å²) < 4.78 is 0. The van der Waals surface area contributed by atoms with Gasteiger partial charge in [0, 0.05) is 6.42 Å². The number of primary amides is 1. The number of urea groups is 1. The summed E-state index contributed by atoms with van der Waals surface area (Å²) in [5.74, 6) is -1.35. The number of benzene rings is 1. The fourth-order valence-electron chi connectivity index (χ4n) is 2.33. The van der Waals surface area contributed by atoms with Crippen molar-refractivity contribution in [3.05, 3.63) is 64.4 Å². The fourth-order valence-corrected chi connectivity index (χ4v) is 2.95. The Morgan fingerprint density at radius 3 is 2.48 bits per heavy atom. The molecule has 10 heteroatoms. The zero-order valence-corrected chi connectivity index (χ0v) is 14.7. The van der Waals surface area contributed by atoms with Crippen LogP contribution in [0.3, 0.4) is 0 Å². The topological polar surface area (TPSA) is 150 Å². The smallest absolute Gasteiger partial charge is 0.335 e. The molecule has 9 nitrogen and oxygen atoms in total. The SMILES string of the molecule is NC(=O)c1[nH]c(Cc2ccc(C(=O)O)cc2)nc1NC(=O)Nc1cccs1. The van der Waals surface area contributed by atoms with Crippen LogP contribution in [0.1, 0.15) is 32.2 Å². The van der Waals surface area contributed by atoms with E-state index in [0.29, 0.717) is 17.2 Å². The van der Waals surface area contributed by atoms with Crippen molar-refractivity contribution in [3.8, 4) is 0 Å². The van der Waals surface area contributed by atoms with Crippen LogP contribution in [0.2, 0.25) is 0 Å². The summed E-state index contributed by atoms with van der Waals surface area (Å²) in [7, 11) is 0. The van der Waals surface area contributed by atoms with E-state index in [1.165, 1.54) is 23.5 Å². The van der Waals surface area contributed by atoms with Crippen molar-refractivity contribution >= 4 is 40.1 Å².